The quantitative estimate of drug-likeness (QED) is 0.846. The molecule has 6 heteroatoms. The molecule has 0 saturated heterocycles. The minimum absolute atomic E-state index is 0.0183. The Balaban J connectivity index is 2.27. The zero-order valence-corrected chi connectivity index (χ0v) is 13.3. The van der Waals surface area contributed by atoms with Gasteiger partial charge < -0.3 is 10.4 Å². The van der Waals surface area contributed by atoms with Crippen molar-refractivity contribution in [1.29, 1.82) is 0 Å². The van der Waals surface area contributed by atoms with Gasteiger partial charge in [-0.2, -0.15) is 0 Å². The van der Waals surface area contributed by atoms with Crippen LogP contribution >= 0.6 is 27.5 Å². The number of carbonyl (C=O) groups excluding carboxylic acids is 1. The fourth-order valence-electron chi connectivity index (χ4n) is 1.77. The fourth-order valence-corrected chi connectivity index (χ4v) is 2.26. The first-order valence-corrected chi connectivity index (χ1v) is 7.15. The summed E-state index contributed by atoms with van der Waals surface area (Å²) in [7, 11) is 0. The summed E-state index contributed by atoms with van der Waals surface area (Å²) in [4.78, 5) is 23.1. The van der Waals surface area contributed by atoms with Crippen LogP contribution in [0.5, 0.6) is 0 Å². The van der Waals surface area contributed by atoms with Gasteiger partial charge in [0.05, 0.1) is 5.56 Å². The number of anilines is 1. The highest BCUT2D eigenvalue weighted by Crippen LogP contribution is 2.21. The van der Waals surface area contributed by atoms with Crippen LogP contribution in [0.15, 0.2) is 40.9 Å². The molecule has 0 aliphatic rings. The number of aromatic carboxylic acids is 1. The predicted octanol–water partition coefficient (Wildman–Crippen LogP) is 4.36. The number of carboxylic acid groups (broad SMARTS) is 1. The van der Waals surface area contributed by atoms with E-state index < -0.39 is 5.97 Å². The first-order valence-electron chi connectivity index (χ1n) is 5.98. The number of carbonyl (C=O) groups is 2. The Morgan fingerprint density at radius 1 is 1.14 bits per heavy atom. The second-order valence-corrected chi connectivity index (χ2v) is 5.74. The molecule has 0 spiro atoms. The predicted molar refractivity (Wildman–Crippen MR) is 85.2 cm³/mol. The number of hydrogen-bond donors (Lipinski definition) is 2. The van der Waals surface area contributed by atoms with Crippen molar-refractivity contribution in [1.82, 2.24) is 0 Å². The molecule has 108 valence electrons. The number of amides is 1. The first-order chi connectivity index (χ1) is 9.86. The van der Waals surface area contributed by atoms with Crippen LogP contribution in [0.3, 0.4) is 0 Å². The largest absolute Gasteiger partial charge is 0.478 e. The second kappa shape index (κ2) is 6.28. The summed E-state index contributed by atoms with van der Waals surface area (Å²) in [5, 5.41) is 11.9. The summed E-state index contributed by atoms with van der Waals surface area (Å²) in [6.07, 6.45) is 0. The number of nitrogens with one attached hydrogen (secondary N) is 1. The van der Waals surface area contributed by atoms with E-state index in [9.17, 15) is 9.59 Å². The maximum atomic E-state index is 12.2. The Hall–Kier alpha value is -1.85. The molecule has 0 heterocycles. The van der Waals surface area contributed by atoms with Gasteiger partial charge in [-0.25, -0.2) is 4.79 Å². The highest BCUT2D eigenvalue weighted by atomic mass is 79.9. The van der Waals surface area contributed by atoms with Gasteiger partial charge in [0.1, 0.15) is 0 Å². The summed E-state index contributed by atoms with van der Waals surface area (Å²) >= 11 is 9.21. The average Bonchev–Trinajstić information content (AvgIpc) is 2.41. The highest BCUT2D eigenvalue weighted by molar-refractivity contribution is 9.10. The number of benzene rings is 2. The third-order valence-electron chi connectivity index (χ3n) is 2.82. The van der Waals surface area contributed by atoms with E-state index in [1.807, 2.05) is 6.92 Å². The van der Waals surface area contributed by atoms with Gasteiger partial charge in [-0.05, 0) is 48.9 Å². The molecule has 2 aromatic carbocycles. The Morgan fingerprint density at radius 3 is 2.48 bits per heavy atom. The van der Waals surface area contributed by atoms with Crippen molar-refractivity contribution in [3.05, 3.63) is 62.6 Å². The van der Waals surface area contributed by atoms with Crippen LogP contribution in [-0.2, 0) is 0 Å². The summed E-state index contributed by atoms with van der Waals surface area (Å²) < 4.78 is 0.912. The van der Waals surface area contributed by atoms with Crippen molar-refractivity contribution in [2.45, 2.75) is 6.92 Å². The summed E-state index contributed by atoms with van der Waals surface area (Å²) in [5.74, 6) is -1.43. The normalized spacial score (nSPS) is 10.2. The van der Waals surface area contributed by atoms with Gasteiger partial charge in [0.25, 0.3) is 5.91 Å². The lowest BCUT2D eigenvalue weighted by atomic mass is 10.1. The molecular weight excluding hydrogens is 358 g/mol. The number of carboxylic acids is 1. The minimum atomic E-state index is -1.10. The lowest BCUT2D eigenvalue weighted by Crippen LogP contribution is -2.12. The molecule has 0 saturated carbocycles. The van der Waals surface area contributed by atoms with E-state index in [-0.39, 0.29) is 16.5 Å². The zero-order chi connectivity index (χ0) is 15.6. The number of aryl methyl sites for hydroxylation is 1. The number of hydrogen-bond acceptors (Lipinski definition) is 2. The van der Waals surface area contributed by atoms with Gasteiger partial charge >= 0.3 is 5.97 Å². The van der Waals surface area contributed by atoms with Gasteiger partial charge in [-0.3, -0.25) is 4.79 Å². The average molecular weight is 369 g/mol. The fraction of sp³-hybridized carbons (Fsp3) is 0.0667. The Bertz CT molecular complexity index is 731. The van der Waals surface area contributed by atoms with Gasteiger partial charge in [-0.1, -0.05) is 27.5 Å². The summed E-state index contributed by atoms with van der Waals surface area (Å²) in [6, 6.07) is 9.38. The molecular formula is C15H11BrClNO3. The van der Waals surface area contributed by atoms with E-state index in [1.54, 1.807) is 18.2 Å². The molecule has 0 radical (unpaired) electrons. The van der Waals surface area contributed by atoms with Gasteiger partial charge in [0.2, 0.25) is 0 Å². The van der Waals surface area contributed by atoms with Crippen molar-refractivity contribution in [3.63, 3.8) is 0 Å². The van der Waals surface area contributed by atoms with E-state index >= 15 is 0 Å². The van der Waals surface area contributed by atoms with Crippen LogP contribution < -0.4 is 5.32 Å². The molecule has 0 bridgehead atoms. The molecule has 0 atom stereocenters. The topological polar surface area (TPSA) is 66.4 Å². The highest BCUT2D eigenvalue weighted by Gasteiger charge is 2.11. The molecule has 21 heavy (non-hydrogen) atoms. The molecule has 4 nitrogen and oxygen atoms in total. The standard InChI is InChI=1S/C15H11BrClNO3/c1-8-4-9(2-3-13(8)16)14(19)18-12-6-10(15(20)21)5-11(17)7-12/h2-7H,1H3,(H,18,19)(H,20,21). The van der Waals surface area contributed by atoms with E-state index in [0.717, 1.165) is 10.0 Å². The summed E-state index contributed by atoms with van der Waals surface area (Å²) in [6.45, 7) is 1.88. The smallest absolute Gasteiger partial charge is 0.335 e. The monoisotopic (exact) mass is 367 g/mol. The Kier molecular flexibility index (Phi) is 4.65. The molecule has 0 aromatic heterocycles. The summed E-state index contributed by atoms with van der Waals surface area (Å²) in [5.41, 5.74) is 1.77. The van der Waals surface area contributed by atoms with Crippen LogP contribution in [0, 0.1) is 6.92 Å². The van der Waals surface area contributed by atoms with Crippen LogP contribution in [0.2, 0.25) is 5.02 Å². The molecule has 0 unspecified atom stereocenters. The molecule has 2 N–H and O–H groups in total. The van der Waals surface area contributed by atoms with Crippen LogP contribution in [0.25, 0.3) is 0 Å². The Labute approximate surface area is 134 Å². The Morgan fingerprint density at radius 2 is 1.86 bits per heavy atom. The second-order valence-electron chi connectivity index (χ2n) is 4.45. The molecule has 0 fully saturated rings. The number of rotatable bonds is 3. The number of halogens is 2. The lowest BCUT2D eigenvalue weighted by Gasteiger charge is -2.08. The first kappa shape index (κ1) is 15.5. The maximum Gasteiger partial charge on any atom is 0.335 e. The molecule has 1 amide bonds. The van der Waals surface area contributed by atoms with Crippen LogP contribution in [0.4, 0.5) is 5.69 Å². The van der Waals surface area contributed by atoms with E-state index in [1.165, 1.54) is 18.2 Å². The van der Waals surface area contributed by atoms with Crippen molar-refractivity contribution in [3.8, 4) is 0 Å². The van der Waals surface area contributed by atoms with Crippen LogP contribution in [-0.4, -0.2) is 17.0 Å². The molecule has 2 aromatic rings. The minimum Gasteiger partial charge on any atom is -0.478 e. The van der Waals surface area contributed by atoms with Gasteiger partial charge in [-0.15, -0.1) is 0 Å². The third kappa shape index (κ3) is 3.83. The molecule has 0 aliphatic heterocycles. The maximum absolute atomic E-state index is 12.2. The van der Waals surface area contributed by atoms with Crippen molar-refractivity contribution in [2.75, 3.05) is 5.32 Å². The van der Waals surface area contributed by atoms with Crippen molar-refractivity contribution in [2.24, 2.45) is 0 Å². The van der Waals surface area contributed by atoms with Crippen molar-refractivity contribution >= 4 is 45.1 Å². The van der Waals surface area contributed by atoms with E-state index in [4.69, 9.17) is 16.7 Å². The third-order valence-corrected chi connectivity index (χ3v) is 3.93. The zero-order valence-electron chi connectivity index (χ0n) is 11.0. The van der Waals surface area contributed by atoms with Gasteiger partial charge in [0, 0.05) is 20.7 Å². The van der Waals surface area contributed by atoms with E-state index in [0.29, 0.717) is 11.3 Å². The van der Waals surface area contributed by atoms with E-state index in [2.05, 4.69) is 21.2 Å². The molecule has 2 rings (SSSR count). The SMILES string of the molecule is Cc1cc(C(=O)Nc2cc(Cl)cc(C(=O)O)c2)ccc1Br. The van der Waals surface area contributed by atoms with Crippen LogP contribution in [0.1, 0.15) is 26.3 Å². The van der Waals surface area contributed by atoms with Crippen molar-refractivity contribution < 1.29 is 14.7 Å². The van der Waals surface area contributed by atoms with Gasteiger partial charge in [0.15, 0.2) is 0 Å². The lowest BCUT2D eigenvalue weighted by molar-refractivity contribution is 0.0696. The molecule has 0 aliphatic carbocycles.